The first kappa shape index (κ1) is 16.2. The highest BCUT2D eigenvalue weighted by Gasteiger charge is 2.23. The van der Waals surface area contributed by atoms with E-state index in [0.29, 0.717) is 6.21 Å². The molecule has 1 atom stereocenters. The monoisotopic (exact) mass is 258 g/mol. The summed E-state index contributed by atoms with van der Waals surface area (Å²) in [7, 11) is 0. The van der Waals surface area contributed by atoms with Crippen LogP contribution in [0.2, 0.25) is 0 Å². The molecular formula is C11H18N2O5. The van der Waals surface area contributed by atoms with Gasteiger partial charge in [-0.1, -0.05) is 0 Å². The van der Waals surface area contributed by atoms with E-state index in [1.54, 1.807) is 13.8 Å². The molecule has 0 saturated heterocycles. The molecule has 0 heterocycles. The maximum atomic E-state index is 11.6. The molecule has 0 aromatic heterocycles. The smallest absolute Gasteiger partial charge is 0.328 e. The van der Waals surface area contributed by atoms with Gasteiger partial charge in [0.2, 0.25) is 5.91 Å². The third-order valence-electron chi connectivity index (χ3n) is 1.96. The molecule has 0 rings (SSSR count). The molecule has 0 spiro atoms. The minimum Gasteiger partial charge on any atom is -0.461 e. The van der Waals surface area contributed by atoms with E-state index in [-0.39, 0.29) is 18.9 Å². The predicted octanol–water partition coefficient (Wildman–Crippen LogP) is -0.586. The normalized spacial score (nSPS) is 11.8. The molecule has 1 amide bonds. The first-order valence-electron chi connectivity index (χ1n) is 5.54. The SMILES string of the molecule is CC(C)OC(=O)[C@H](CCC(=O)C=N)NC(=O)CO. The lowest BCUT2D eigenvalue weighted by molar-refractivity contribution is -0.152. The van der Waals surface area contributed by atoms with E-state index >= 15 is 0 Å². The number of aliphatic hydroxyl groups excluding tert-OH is 1. The minimum absolute atomic E-state index is 0.0332. The Kier molecular flexibility index (Phi) is 7.53. The lowest BCUT2D eigenvalue weighted by Crippen LogP contribution is -2.44. The number of esters is 1. The van der Waals surface area contributed by atoms with Gasteiger partial charge in [0.1, 0.15) is 12.6 Å². The van der Waals surface area contributed by atoms with Gasteiger partial charge in [0, 0.05) is 6.42 Å². The van der Waals surface area contributed by atoms with E-state index in [1.165, 1.54) is 0 Å². The molecule has 0 radical (unpaired) electrons. The summed E-state index contributed by atoms with van der Waals surface area (Å²) in [4.78, 5) is 33.6. The standard InChI is InChI=1S/C11H18N2O5/c1-7(2)18-11(17)9(13-10(16)6-14)4-3-8(15)5-12/h5,7,9,12,14H,3-4,6H2,1-2H3,(H,13,16)/t9-/m0/s1. The van der Waals surface area contributed by atoms with Gasteiger partial charge in [-0.3, -0.25) is 9.59 Å². The Labute approximate surface area is 105 Å². The number of ether oxygens (including phenoxy) is 1. The molecular weight excluding hydrogens is 240 g/mol. The number of amides is 1. The van der Waals surface area contributed by atoms with Gasteiger partial charge in [-0.05, 0) is 20.3 Å². The minimum atomic E-state index is -0.990. The first-order valence-corrected chi connectivity index (χ1v) is 5.54. The molecule has 18 heavy (non-hydrogen) atoms. The van der Waals surface area contributed by atoms with Gasteiger partial charge in [0.15, 0.2) is 5.78 Å². The van der Waals surface area contributed by atoms with E-state index in [1.807, 2.05) is 0 Å². The first-order chi connectivity index (χ1) is 8.40. The van der Waals surface area contributed by atoms with Crippen LogP contribution in [-0.2, 0) is 19.1 Å². The summed E-state index contributed by atoms with van der Waals surface area (Å²) in [6.07, 6.45) is 0.293. The molecule has 7 nitrogen and oxygen atoms in total. The molecule has 0 fully saturated rings. The average molecular weight is 258 g/mol. The molecule has 0 aromatic carbocycles. The Hall–Kier alpha value is -1.76. The van der Waals surface area contributed by atoms with Crippen molar-refractivity contribution in [3.05, 3.63) is 0 Å². The van der Waals surface area contributed by atoms with E-state index < -0.39 is 30.3 Å². The Morgan fingerprint density at radius 3 is 2.44 bits per heavy atom. The van der Waals surface area contributed by atoms with Gasteiger partial charge in [0.05, 0.1) is 12.3 Å². The Bertz CT molecular complexity index is 327. The number of hydrogen-bond acceptors (Lipinski definition) is 6. The fourth-order valence-corrected chi connectivity index (χ4v) is 1.16. The van der Waals surface area contributed by atoms with Crippen molar-refractivity contribution < 1.29 is 24.2 Å². The predicted molar refractivity (Wildman–Crippen MR) is 63.3 cm³/mol. The third-order valence-corrected chi connectivity index (χ3v) is 1.96. The quantitative estimate of drug-likeness (QED) is 0.397. The molecule has 0 saturated carbocycles. The summed E-state index contributed by atoms with van der Waals surface area (Å²) in [6, 6.07) is -0.990. The number of hydrogen-bond donors (Lipinski definition) is 3. The van der Waals surface area contributed by atoms with Gasteiger partial charge >= 0.3 is 5.97 Å². The second-order valence-electron chi connectivity index (χ2n) is 3.91. The molecule has 0 aromatic rings. The number of carbonyl (C=O) groups excluding carboxylic acids is 3. The van der Waals surface area contributed by atoms with Gasteiger partial charge in [-0.15, -0.1) is 0 Å². The molecule has 0 aliphatic rings. The van der Waals surface area contributed by atoms with E-state index in [0.717, 1.165) is 0 Å². The van der Waals surface area contributed by atoms with Crippen molar-refractivity contribution in [2.45, 2.75) is 38.8 Å². The number of aliphatic hydroxyl groups is 1. The lowest BCUT2D eigenvalue weighted by atomic mass is 10.1. The number of ketones is 1. The van der Waals surface area contributed by atoms with E-state index in [9.17, 15) is 14.4 Å². The van der Waals surface area contributed by atoms with Crippen LogP contribution < -0.4 is 5.32 Å². The highest BCUT2D eigenvalue weighted by molar-refractivity contribution is 6.26. The highest BCUT2D eigenvalue weighted by Crippen LogP contribution is 2.03. The molecule has 3 N–H and O–H groups in total. The summed E-state index contributed by atoms with van der Waals surface area (Å²) >= 11 is 0. The number of Topliss-reactive ketones (excluding diaryl/α,β-unsaturated/α-hetero) is 1. The fourth-order valence-electron chi connectivity index (χ4n) is 1.16. The summed E-state index contributed by atoms with van der Waals surface area (Å²) in [6.45, 7) is 2.57. The maximum absolute atomic E-state index is 11.6. The zero-order valence-corrected chi connectivity index (χ0v) is 10.4. The van der Waals surface area contributed by atoms with Crippen molar-refractivity contribution in [3.63, 3.8) is 0 Å². The van der Waals surface area contributed by atoms with Crippen LogP contribution in [0.3, 0.4) is 0 Å². The van der Waals surface area contributed by atoms with Gasteiger partial charge in [-0.2, -0.15) is 0 Å². The average Bonchev–Trinajstić information content (AvgIpc) is 2.32. The summed E-state index contributed by atoms with van der Waals surface area (Å²) in [5.41, 5.74) is 0. The lowest BCUT2D eigenvalue weighted by Gasteiger charge is -2.18. The fraction of sp³-hybridized carbons (Fsp3) is 0.636. The van der Waals surface area contributed by atoms with Crippen molar-refractivity contribution in [1.82, 2.24) is 5.32 Å². The maximum Gasteiger partial charge on any atom is 0.328 e. The summed E-state index contributed by atoms with van der Waals surface area (Å²) in [5.74, 6) is -1.83. The zero-order valence-electron chi connectivity index (χ0n) is 10.4. The molecule has 0 aliphatic carbocycles. The third kappa shape index (κ3) is 6.74. The van der Waals surface area contributed by atoms with Crippen LogP contribution >= 0.6 is 0 Å². The Morgan fingerprint density at radius 2 is 2.00 bits per heavy atom. The van der Waals surface area contributed by atoms with Crippen molar-refractivity contribution in [1.29, 1.82) is 5.41 Å². The molecule has 102 valence electrons. The van der Waals surface area contributed by atoms with Crippen LogP contribution in [0.15, 0.2) is 0 Å². The Morgan fingerprint density at radius 1 is 1.39 bits per heavy atom. The van der Waals surface area contributed by atoms with E-state index in [4.69, 9.17) is 15.3 Å². The molecule has 0 bridgehead atoms. The molecule has 7 heteroatoms. The van der Waals surface area contributed by atoms with Gasteiger partial charge < -0.3 is 20.6 Å². The van der Waals surface area contributed by atoms with E-state index in [2.05, 4.69) is 5.32 Å². The highest BCUT2D eigenvalue weighted by atomic mass is 16.5. The van der Waals surface area contributed by atoms with Crippen LogP contribution in [0.5, 0.6) is 0 Å². The summed E-state index contributed by atoms with van der Waals surface area (Å²) < 4.78 is 4.92. The van der Waals surface area contributed by atoms with Crippen LogP contribution in [0.25, 0.3) is 0 Å². The Balaban J connectivity index is 4.50. The van der Waals surface area contributed by atoms with Crippen molar-refractivity contribution >= 4 is 23.9 Å². The largest absolute Gasteiger partial charge is 0.461 e. The van der Waals surface area contributed by atoms with Crippen molar-refractivity contribution in [2.24, 2.45) is 0 Å². The van der Waals surface area contributed by atoms with Gasteiger partial charge in [0.25, 0.3) is 0 Å². The summed E-state index contributed by atoms with van der Waals surface area (Å²) in [5, 5.41) is 17.6. The number of carbonyl (C=O) groups is 3. The van der Waals surface area contributed by atoms with Crippen LogP contribution in [0, 0.1) is 5.41 Å². The zero-order chi connectivity index (χ0) is 14.1. The van der Waals surface area contributed by atoms with Crippen LogP contribution in [0.4, 0.5) is 0 Å². The van der Waals surface area contributed by atoms with Crippen LogP contribution in [-0.4, -0.2) is 47.7 Å². The second kappa shape index (κ2) is 8.35. The van der Waals surface area contributed by atoms with Gasteiger partial charge in [-0.25, -0.2) is 4.79 Å². The van der Waals surface area contributed by atoms with Crippen molar-refractivity contribution in [3.8, 4) is 0 Å². The number of rotatable bonds is 8. The molecule has 0 aliphatic heterocycles. The second-order valence-corrected chi connectivity index (χ2v) is 3.91. The topological polar surface area (TPSA) is 117 Å². The molecule has 0 unspecified atom stereocenters. The van der Waals surface area contributed by atoms with Crippen LogP contribution in [0.1, 0.15) is 26.7 Å². The number of nitrogens with one attached hydrogen (secondary N) is 2. The van der Waals surface area contributed by atoms with Crippen molar-refractivity contribution in [2.75, 3.05) is 6.61 Å².